The van der Waals surface area contributed by atoms with E-state index in [1.807, 2.05) is 18.2 Å². The summed E-state index contributed by atoms with van der Waals surface area (Å²) in [5, 5.41) is 0.723. The molecule has 0 spiro atoms. The van der Waals surface area contributed by atoms with Crippen molar-refractivity contribution >= 4 is 33.2 Å². The summed E-state index contributed by atoms with van der Waals surface area (Å²) >= 11 is 9.74. The summed E-state index contributed by atoms with van der Waals surface area (Å²) in [6, 6.07) is 12.4. The molecule has 2 rings (SSSR count). The molecule has 1 unspecified atom stereocenters. The lowest BCUT2D eigenvalue weighted by Gasteiger charge is -2.31. The third-order valence-electron chi connectivity index (χ3n) is 3.62. The SMILES string of the molecule is Cc1cc(C)cc(N(C)C(CN)c2cc(Cl)ccc2Br)c1. The standard InChI is InChI=1S/C17H20BrClN2/c1-11-6-12(2)8-14(7-11)21(3)17(10-20)15-9-13(19)4-5-16(15)18/h4-9,17H,10,20H2,1-3H3. The number of halogens is 2. The van der Waals surface area contributed by atoms with Crippen LogP contribution < -0.4 is 10.6 Å². The van der Waals surface area contributed by atoms with E-state index in [9.17, 15) is 0 Å². The average molecular weight is 368 g/mol. The van der Waals surface area contributed by atoms with Crippen LogP contribution in [0.15, 0.2) is 40.9 Å². The maximum absolute atomic E-state index is 6.14. The van der Waals surface area contributed by atoms with Crippen molar-refractivity contribution in [3.8, 4) is 0 Å². The van der Waals surface area contributed by atoms with Crippen LogP contribution in [-0.4, -0.2) is 13.6 Å². The molecule has 112 valence electrons. The first-order valence-electron chi connectivity index (χ1n) is 6.88. The van der Waals surface area contributed by atoms with Crippen molar-refractivity contribution in [2.24, 2.45) is 5.73 Å². The number of benzene rings is 2. The van der Waals surface area contributed by atoms with Crippen molar-refractivity contribution in [2.75, 3.05) is 18.5 Å². The van der Waals surface area contributed by atoms with Gasteiger partial charge in [-0.3, -0.25) is 0 Å². The molecule has 2 N–H and O–H groups in total. The molecule has 4 heteroatoms. The molecule has 0 aromatic heterocycles. The molecule has 0 aliphatic carbocycles. The molecule has 0 radical (unpaired) electrons. The molecular formula is C17H20BrClN2. The third-order valence-corrected chi connectivity index (χ3v) is 4.58. The van der Waals surface area contributed by atoms with E-state index in [2.05, 4.69) is 59.9 Å². The smallest absolute Gasteiger partial charge is 0.0673 e. The lowest BCUT2D eigenvalue weighted by Crippen LogP contribution is -2.30. The predicted molar refractivity (Wildman–Crippen MR) is 95.3 cm³/mol. The van der Waals surface area contributed by atoms with E-state index in [4.69, 9.17) is 17.3 Å². The second kappa shape index (κ2) is 6.82. The maximum Gasteiger partial charge on any atom is 0.0673 e. The fourth-order valence-corrected chi connectivity index (χ4v) is 3.29. The highest BCUT2D eigenvalue weighted by atomic mass is 79.9. The monoisotopic (exact) mass is 366 g/mol. The fraction of sp³-hybridized carbons (Fsp3) is 0.294. The Morgan fingerprint density at radius 2 is 1.76 bits per heavy atom. The highest BCUT2D eigenvalue weighted by Gasteiger charge is 2.19. The van der Waals surface area contributed by atoms with E-state index in [1.54, 1.807) is 0 Å². The van der Waals surface area contributed by atoms with E-state index in [1.165, 1.54) is 11.1 Å². The van der Waals surface area contributed by atoms with Gasteiger partial charge >= 0.3 is 0 Å². The molecule has 0 aliphatic rings. The molecule has 0 heterocycles. The number of hydrogen-bond acceptors (Lipinski definition) is 2. The van der Waals surface area contributed by atoms with Gasteiger partial charge in [0.15, 0.2) is 0 Å². The van der Waals surface area contributed by atoms with Crippen LogP contribution in [0.3, 0.4) is 0 Å². The fourth-order valence-electron chi connectivity index (χ4n) is 2.60. The first kappa shape index (κ1) is 16.3. The van der Waals surface area contributed by atoms with Crippen molar-refractivity contribution in [1.29, 1.82) is 0 Å². The van der Waals surface area contributed by atoms with Crippen LogP contribution >= 0.6 is 27.5 Å². The average Bonchev–Trinajstić information content (AvgIpc) is 2.42. The summed E-state index contributed by atoms with van der Waals surface area (Å²) in [7, 11) is 2.07. The van der Waals surface area contributed by atoms with Gasteiger partial charge in [0.05, 0.1) is 6.04 Å². The second-order valence-corrected chi connectivity index (χ2v) is 6.66. The van der Waals surface area contributed by atoms with Crippen LogP contribution in [0.4, 0.5) is 5.69 Å². The number of rotatable bonds is 4. The molecule has 0 fully saturated rings. The quantitative estimate of drug-likeness (QED) is 0.836. The molecule has 2 aromatic rings. The van der Waals surface area contributed by atoms with Crippen LogP contribution in [0.25, 0.3) is 0 Å². The van der Waals surface area contributed by atoms with Crippen molar-refractivity contribution < 1.29 is 0 Å². The van der Waals surface area contributed by atoms with Crippen LogP contribution in [0.5, 0.6) is 0 Å². The number of nitrogens with zero attached hydrogens (tertiary/aromatic N) is 1. The van der Waals surface area contributed by atoms with Gasteiger partial charge in [-0.1, -0.05) is 33.6 Å². The first-order chi connectivity index (χ1) is 9.92. The minimum absolute atomic E-state index is 0.0688. The van der Waals surface area contributed by atoms with E-state index in [-0.39, 0.29) is 6.04 Å². The Kier molecular flexibility index (Phi) is 5.31. The van der Waals surface area contributed by atoms with Crippen molar-refractivity contribution in [1.82, 2.24) is 0 Å². The van der Waals surface area contributed by atoms with E-state index >= 15 is 0 Å². The van der Waals surface area contributed by atoms with Gasteiger partial charge in [0, 0.05) is 28.8 Å². The largest absolute Gasteiger partial charge is 0.366 e. The summed E-state index contributed by atoms with van der Waals surface area (Å²) < 4.78 is 1.03. The molecule has 21 heavy (non-hydrogen) atoms. The Balaban J connectivity index is 2.42. The van der Waals surface area contributed by atoms with Gasteiger partial charge in [-0.25, -0.2) is 0 Å². The van der Waals surface area contributed by atoms with E-state index in [0.717, 1.165) is 20.7 Å². The van der Waals surface area contributed by atoms with Crippen molar-refractivity contribution in [2.45, 2.75) is 19.9 Å². The third kappa shape index (κ3) is 3.79. The van der Waals surface area contributed by atoms with Crippen LogP contribution in [-0.2, 0) is 0 Å². The molecule has 2 aromatic carbocycles. The van der Waals surface area contributed by atoms with Crippen LogP contribution in [0.1, 0.15) is 22.7 Å². The lowest BCUT2D eigenvalue weighted by molar-refractivity contribution is 0.677. The molecule has 0 saturated heterocycles. The molecular weight excluding hydrogens is 348 g/mol. The van der Waals surface area contributed by atoms with E-state index in [0.29, 0.717) is 6.54 Å². The Labute approximate surface area is 140 Å². The van der Waals surface area contributed by atoms with Gasteiger partial charge in [0.1, 0.15) is 0 Å². The number of likely N-dealkylation sites (N-methyl/N-ethyl adjacent to an activating group) is 1. The number of anilines is 1. The Bertz CT molecular complexity index is 622. The minimum Gasteiger partial charge on any atom is -0.366 e. The summed E-state index contributed by atoms with van der Waals surface area (Å²) in [6.45, 7) is 4.73. The van der Waals surface area contributed by atoms with Crippen LogP contribution in [0.2, 0.25) is 5.02 Å². The zero-order valence-corrected chi connectivity index (χ0v) is 14.9. The number of aryl methyl sites for hydroxylation is 2. The van der Waals surface area contributed by atoms with E-state index < -0.39 is 0 Å². The van der Waals surface area contributed by atoms with Crippen molar-refractivity contribution in [3.05, 3.63) is 62.6 Å². The summed E-state index contributed by atoms with van der Waals surface area (Å²) in [5.41, 5.74) is 10.8. The van der Waals surface area contributed by atoms with Crippen molar-refractivity contribution in [3.63, 3.8) is 0 Å². The Morgan fingerprint density at radius 3 is 2.33 bits per heavy atom. The number of nitrogens with two attached hydrogens (primary N) is 1. The highest BCUT2D eigenvalue weighted by molar-refractivity contribution is 9.10. The van der Waals surface area contributed by atoms with Gasteiger partial charge in [-0.2, -0.15) is 0 Å². The molecule has 1 atom stereocenters. The second-order valence-electron chi connectivity index (χ2n) is 5.37. The normalized spacial score (nSPS) is 12.3. The van der Waals surface area contributed by atoms with Gasteiger partial charge in [0.2, 0.25) is 0 Å². The lowest BCUT2D eigenvalue weighted by atomic mass is 10.0. The molecule has 0 bridgehead atoms. The summed E-state index contributed by atoms with van der Waals surface area (Å²) in [5.74, 6) is 0. The predicted octanol–water partition coefficient (Wildman–Crippen LogP) is 4.86. The van der Waals surface area contributed by atoms with Gasteiger partial charge < -0.3 is 10.6 Å². The highest BCUT2D eigenvalue weighted by Crippen LogP contribution is 2.32. The summed E-state index contributed by atoms with van der Waals surface area (Å²) in [6.07, 6.45) is 0. The first-order valence-corrected chi connectivity index (χ1v) is 8.05. The zero-order valence-electron chi connectivity index (χ0n) is 12.5. The molecule has 0 aliphatic heterocycles. The van der Waals surface area contributed by atoms with Gasteiger partial charge in [-0.15, -0.1) is 0 Å². The minimum atomic E-state index is 0.0688. The topological polar surface area (TPSA) is 29.3 Å². The molecule has 0 saturated carbocycles. The maximum atomic E-state index is 6.14. The Morgan fingerprint density at radius 1 is 1.14 bits per heavy atom. The molecule has 0 amide bonds. The van der Waals surface area contributed by atoms with Gasteiger partial charge in [0.25, 0.3) is 0 Å². The molecule has 2 nitrogen and oxygen atoms in total. The summed E-state index contributed by atoms with van der Waals surface area (Å²) in [4.78, 5) is 2.20. The zero-order chi connectivity index (χ0) is 15.6. The Hall–Kier alpha value is -1.03. The number of hydrogen-bond donors (Lipinski definition) is 1. The van der Waals surface area contributed by atoms with Gasteiger partial charge in [-0.05, 0) is 60.9 Å². The van der Waals surface area contributed by atoms with Crippen LogP contribution in [0, 0.1) is 13.8 Å².